The van der Waals surface area contributed by atoms with E-state index in [2.05, 4.69) is 0 Å². The molecule has 0 bridgehead atoms. The van der Waals surface area contributed by atoms with E-state index in [0.717, 1.165) is 16.8 Å². The molecule has 0 atom stereocenters. The highest BCUT2D eigenvalue weighted by Gasteiger charge is 2.10. The number of benzene rings is 3. The van der Waals surface area contributed by atoms with Crippen molar-refractivity contribution in [2.75, 3.05) is 0 Å². The summed E-state index contributed by atoms with van der Waals surface area (Å²) in [4.78, 5) is 17.9. The predicted molar refractivity (Wildman–Crippen MR) is 107 cm³/mol. The Bertz CT molecular complexity index is 1140. The van der Waals surface area contributed by atoms with Crippen LogP contribution in [0.15, 0.2) is 83.7 Å². The number of aryl methyl sites for hydroxylation is 1. The van der Waals surface area contributed by atoms with Gasteiger partial charge in [0.15, 0.2) is 0 Å². The lowest BCUT2D eigenvalue weighted by Crippen LogP contribution is -2.22. The molecule has 0 saturated carbocycles. The van der Waals surface area contributed by atoms with Crippen molar-refractivity contribution in [3.8, 4) is 5.69 Å². The number of aromatic nitrogens is 2. The summed E-state index contributed by atoms with van der Waals surface area (Å²) >= 11 is 0. The van der Waals surface area contributed by atoms with Crippen LogP contribution in [0.1, 0.15) is 17.0 Å². The van der Waals surface area contributed by atoms with Gasteiger partial charge in [-0.1, -0.05) is 66.2 Å². The Hall–Kier alpha value is -3.46. The first kappa shape index (κ1) is 16.0. The Balaban J connectivity index is 1.95. The van der Waals surface area contributed by atoms with Gasteiger partial charge in [0.05, 0.1) is 16.6 Å². The Morgan fingerprint density at radius 3 is 2.27 bits per heavy atom. The Morgan fingerprint density at radius 2 is 1.50 bits per heavy atom. The Morgan fingerprint density at radius 1 is 0.808 bits per heavy atom. The van der Waals surface area contributed by atoms with Crippen LogP contribution in [-0.4, -0.2) is 9.55 Å². The van der Waals surface area contributed by atoms with Gasteiger partial charge in [-0.2, -0.15) is 0 Å². The van der Waals surface area contributed by atoms with E-state index >= 15 is 0 Å². The summed E-state index contributed by atoms with van der Waals surface area (Å²) in [6.07, 6.45) is 3.87. The van der Waals surface area contributed by atoms with Gasteiger partial charge in [-0.05, 0) is 42.8 Å². The van der Waals surface area contributed by atoms with Crippen LogP contribution in [-0.2, 0) is 0 Å². The van der Waals surface area contributed by atoms with Gasteiger partial charge in [0.1, 0.15) is 5.82 Å². The molecule has 0 aliphatic carbocycles. The highest BCUT2D eigenvalue weighted by Crippen LogP contribution is 2.16. The van der Waals surface area contributed by atoms with E-state index in [1.807, 2.05) is 97.9 Å². The number of para-hydroxylation sites is 1. The number of rotatable bonds is 3. The van der Waals surface area contributed by atoms with Crippen molar-refractivity contribution in [1.82, 2.24) is 9.55 Å². The van der Waals surface area contributed by atoms with E-state index in [1.165, 1.54) is 0 Å². The largest absolute Gasteiger partial charge is 0.268 e. The molecule has 0 fully saturated rings. The standard InChI is InChI=1S/C23H18N2O/c1-17-11-14-19(15-12-17)25-22(16-13-18-7-3-2-4-8-18)24-21-10-6-5-9-20(21)23(25)26/h2-16H,1H3/b16-13+. The summed E-state index contributed by atoms with van der Waals surface area (Å²) in [6, 6.07) is 25.4. The zero-order chi connectivity index (χ0) is 17.9. The molecule has 0 spiro atoms. The van der Waals surface area contributed by atoms with Gasteiger partial charge in [0.25, 0.3) is 5.56 Å². The SMILES string of the molecule is Cc1ccc(-n2c(/C=C/c3ccccc3)nc3ccccc3c2=O)cc1. The molecular weight excluding hydrogens is 320 g/mol. The lowest BCUT2D eigenvalue weighted by molar-refractivity contribution is 0.943. The van der Waals surface area contributed by atoms with Crippen LogP contribution in [0.3, 0.4) is 0 Å². The first-order chi connectivity index (χ1) is 12.7. The Labute approximate surface area is 151 Å². The van der Waals surface area contributed by atoms with Crippen LogP contribution in [0.4, 0.5) is 0 Å². The minimum atomic E-state index is -0.0628. The maximum Gasteiger partial charge on any atom is 0.266 e. The molecule has 0 amide bonds. The summed E-state index contributed by atoms with van der Waals surface area (Å²) in [5.74, 6) is 0.612. The van der Waals surface area contributed by atoms with Crippen LogP contribution in [0, 0.1) is 6.92 Å². The first-order valence-electron chi connectivity index (χ1n) is 8.54. The second kappa shape index (κ2) is 6.81. The zero-order valence-electron chi connectivity index (χ0n) is 14.5. The summed E-state index contributed by atoms with van der Waals surface area (Å²) in [5.41, 5.74) is 3.66. The molecule has 3 aromatic carbocycles. The second-order valence-electron chi connectivity index (χ2n) is 6.21. The second-order valence-corrected chi connectivity index (χ2v) is 6.21. The van der Waals surface area contributed by atoms with Crippen LogP contribution in [0.25, 0.3) is 28.7 Å². The van der Waals surface area contributed by atoms with Crippen LogP contribution in [0.5, 0.6) is 0 Å². The minimum absolute atomic E-state index is 0.0628. The van der Waals surface area contributed by atoms with Crippen LogP contribution < -0.4 is 5.56 Å². The monoisotopic (exact) mass is 338 g/mol. The Kier molecular flexibility index (Phi) is 4.20. The quantitative estimate of drug-likeness (QED) is 0.534. The van der Waals surface area contributed by atoms with Gasteiger partial charge in [-0.3, -0.25) is 9.36 Å². The van der Waals surface area contributed by atoms with Gasteiger partial charge in [-0.25, -0.2) is 4.98 Å². The number of hydrogen-bond donors (Lipinski definition) is 0. The third-order valence-electron chi connectivity index (χ3n) is 4.32. The lowest BCUT2D eigenvalue weighted by atomic mass is 10.2. The predicted octanol–water partition coefficient (Wildman–Crippen LogP) is 4.86. The first-order valence-corrected chi connectivity index (χ1v) is 8.54. The molecule has 4 aromatic rings. The van der Waals surface area contributed by atoms with E-state index in [9.17, 15) is 4.79 Å². The third kappa shape index (κ3) is 3.07. The van der Waals surface area contributed by atoms with Gasteiger partial charge >= 0.3 is 0 Å². The summed E-state index contributed by atoms with van der Waals surface area (Å²) in [7, 11) is 0. The molecule has 0 unspecified atom stereocenters. The molecule has 3 nitrogen and oxygen atoms in total. The summed E-state index contributed by atoms with van der Waals surface area (Å²) in [6.45, 7) is 2.03. The van der Waals surface area contributed by atoms with Crippen molar-refractivity contribution < 1.29 is 0 Å². The van der Waals surface area contributed by atoms with Crippen molar-refractivity contribution >= 4 is 23.1 Å². The molecular formula is C23H18N2O. The van der Waals surface area contributed by atoms with Crippen molar-refractivity contribution in [3.05, 3.63) is 106 Å². The van der Waals surface area contributed by atoms with Crippen molar-refractivity contribution in [3.63, 3.8) is 0 Å². The molecule has 4 rings (SSSR count). The van der Waals surface area contributed by atoms with E-state index in [0.29, 0.717) is 16.7 Å². The molecule has 0 radical (unpaired) electrons. The fourth-order valence-corrected chi connectivity index (χ4v) is 2.94. The molecule has 26 heavy (non-hydrogen) atoms. The fraction of sp³-hybridized carbons (Fsp3) is 0.0435. The average Bonchev–Trinajstić information content (AvgIpc) is 2.68. The van der Waals surface area contributed by atoms with Gasteiger partial charge in [0.2, 0.25) is 0 Å². The molecule has 1 heterocycles. The topological polar surface area (TPSA) is 34.9 Å². The molecule has 0 aliphatic heterocycles. The minimum Gasteiger partial charge on any atom is -0.268 e. The third-order valence-corrected chi connectivity index (χ3v) is 4.32. The molecule has 0 aliphatic rings. The maximum atomic E-state index is 13.1. The normalized spacial score (nSPS) is 11.3. The van der Waals surface area contributed by atoms with Crippen LogP contribution >= 0.6 is 0 Å². The van der Waals surface area contributed by atoms with Crippen molar-refractivity contribution in [2.24, 2.45) is 0 Å². The van der Waals surface area contributed by atoms with Gasteiger partial charge in [0, 0.05) is 0 Å². The summed E-state index contributed by atoms with van der Waals surface area (Å²) < 4.78 is 1.67. The smallest absolute Gasteiger partial charge is 0.266 e. The molecule has 3 heteroatoms. The highest BCUT2D eigenvalue weighted by molar-refractivity contribution is 5.80. The highest BCUT2D eigenvalue weighted by atomic mass is 16.1. The van der Waals surface area contributed by atoms with Gasteiger partial charge in [-0.15, -0.1) is 0 Å². The molecule has 1 aromatic heterocycles. The average molecular weight is 338 g/mol. The van der Waals surface area contributed by atoms with Crippen molar-refractivity contribution in [1.29, 1.82) is 0 Å². The van der Waals surface area contributed by atoms with E-state index in [-0.39, 0.29) is 5.56 Å². The molecule has 0 saturated heterocycles. The van der Waals surface area contributed by atoms with Crippen LogP contribution in [0.2, 0.25) is 0 Å². The zero-order valence-corrected chi connectivity index (χ0v) is 14.5. The van der Waals surface area contributed by atoms with Crippen molar-refractivity contribution in [2.45, 2.75) is 6.92 Å². The van der Waals surface area contributed by atoms with Gasteiger partial charge < -0.3 is 0 Å². The van der Waals surface area contributed by atoms with E-state index in [4.69, 9.17) is 4.98 Å². The summed E-state index contributed by atoms with van der Waals surface area (Å²) in [5, 5.41) is 0.616. The number of hydrogen-bond acceptors (Lipinski definition) is 2. The van der Waals surface area contributed by atoms with E-state index in [1.54, 1.807) is 4.57 Å². The fourth-order valence-electron chi connectivity index (χ4n) is 2.94. The van der Waals surface area contributed by atoms with E-state index < -0.39 is 0 Å². The molecule has 0 N–H and O–H groups in total. The number of nitrogens with zero attached hydrogens (tertiary/aromatic N) is 2. The maximum absolute atomic E-state index is 13.1. The molecule has 126 valence electrons. The lowest BCUT2D eigenvalue weighted by Gasteiger charge is -2.11. The number of fused-ring (bicyclic) bond motifs is 1.